The van der Waals surface area contributed by atoms with Gasteiger partial charge in [0.2, 0.25) is 11.7 Å². The van der Waals surface area contributed by atoms with E-state index in [4.69, 9.17) is 18.3 Å². The third-order valence-corrected chi connectivity index (χ3v) is 5.04. The van der Waals surface area contributed by atoms with Crippen LogP contribution in [-0.2, 0) is 16.1 Å². The molecule has 0 radical (unpaired) electrons. The summed E-state index contributed by atoms with van der Waals surface area (Å²) in [7, 11) is 0. The Morgan fingerprint density at radius 1 is 0.829 bits per heavy atom. The van der Waals surface area contributed by atoms with Gasteiger partial charge in [-0.05, 0) is 30.3 Å². The monoisotopic (exact) mass is 469 g/mol. The van der Waals surface area contributed by atoms with Gasteiger partial charge in [-0.2, -0.15) is 0 Å². The molecule has 35 heavy (non-hydrogen) atoms. The zero-order valence-electron chi connectivity index (χ0n) is 18.3. The van der Waals surface area contributed by atoms with Crippen molar-refractivity contribution < 1.29 is 27.9 Å². The van der Waals surface area contributed by atoms with Crippen molar-refractivity contribution in [3.63, 3.8) is 0 Å². The van der Waals surface area contributed by atoms with Gasteiger partial charge in [0.05, 0.1) is 5.56 Å². The fraction of sp³-hybridized carbons (Fsp3) is 0.0769. The van der Waals surface area contributed by atoms with Crippen molar-refractivity contribution in [1.82, 2.24) is 10.2 Å². The molecule has 0 spiro atoms. The molecule has 0 fully saturated rings. The number of rotatable bonds is 8. The van der Waals surface area contributed by atoms with Crippen LogP contribution in [0.5, 0.6) is 5.75 Å². The molecule has 0 bridgehead atoms. The van der Waals surface area contributed by atoms with E-state index in [9.17, 15) is 9.59 Å². The topological polar surface area (TPSA) is 117 Å². The standard InChI is InChI=1S/C26H19N3O6/c30-22(27-26-29-28-24(35-26)17-9-3-1-4-10-17)16-33-25(31)23-20(15-32-18-11-5-2-6-12-18)19-13-7-8-14-21(19)34-23/h1-14H,15-16H2,(H,27,29,30). The van der Waals surface area contributed by atoms with Crippen LogP contribution in [-0.4, -0.2) is 28.7 Å². The maximum atomic E-state index is 12.8. The fourth-order valence-corrected chi connectivity index (χ4v) is 3.40. The number of aromatic nitrogens is 2. The number of hydrogen-bond acceptors (Lipinski definition) is 8. The van der Waals surface area contributed by atoms with E-state index in [2.05, 4.69) is 15.5 Å². The lowest BCUT2D eigenvalue weighted by Gasteiger charge is -2.07. The van der Waals surface area contributed by atoms with E-state index in [0.717, 1.165) is 5.39 Å². The average molecular weight is 469 g/mol. The first-order valence-electron chi connectivity index (χ1n) is 10.7. The first-order chi connectivity index (χ1) is 17.2. The molecule has 0 aliphatic rings. The number of furan rings is 1. The van der Waals surface area contributed by atoms with Gasteiger partial charge in [-0.15, -0.1) is 5.10 Å². The maximum Gasteiger partial charge on any atom is 0.375 e. The molecular formula is C26H19N3O6. The summed E-state index contributed by atoms with van der Waals surface area (Å²) in [4.78, 5) is 25.1. The molecule has 1 amide bonds. The molecule has 0 aliphatic carbocycles. The number of fused-ring (bicyclic) bond motifs is 1. The van der Waals surface area contributed by atoms with Crippen molar-refractivity contribution in [2.24, 2.45) is 0 Å². The van der Waals surface area contributed by atoms with E-state index in [0.29, 0.717) is 22.5 Å². The number of carbonyl (C=O) groups excluding carboxylic acids is 2. The summed E-state index contributed by atoms with van der Waals surface area (Å²) in [6, 6.07) is 25.4. The second kappa shape index (κ2) is 9.92. The first-order valence-corrected chi connectivity index (χ1v) is 10.7. The van der Waals surface area contributed by atoms with Crippen LogP contribution >= 0.6 is 0 Å². The number of hydrogen-bond donors (Lipinski definition) is 1. The van der Waals surface area contributed by atoms with Gasteiger partial charge in [0.15, 0.2) is 6.61 Å². The van der Waals surface area contributed by atoms with E-state index in [1.54, 1.807) is 24.3 Å². The van der Waals surface area contributed by atoms with Crippen molar-refractivity contribution in [3.8, 4) is 17.2 Å². The van der Waals surface area contributed by atoms with Crippen LogP contribution < -0.4 is 10.1 Å². The third-order valence-electron chi connectivity index (χ3n) is 5.04. The van der Waals surface area contributed by atoms with Gasteiger partial charge >= 0.3 is 12.0 Å². The van der Waals surface area contributed by atoms with E-state index < -0.39 is 18.5 Å². The largest absolute Gasteiger partial charge is 0.489 e. The molecule has 174 valence electrons. The maximum absolute atomic E-state index is 12.8. The molecule has 0 saturated carbocycles. The zero-order valence-corrected chi connectivity index (χ0v) is 18.3. The van der Waals surface area contributed by atoms with Crippen molar-refractivity contribution >= 4 is 28.9 Å². The van der Waals surface area contributed by atoms with Crippen LogP contribution in [0.2, 0.25) is 0 Å². The Hall–Kier alpha value is -4.92. The molecule has 5 rings (SSSR count). The van der Waals surface area contributed by atoms with Gasteiger partial charge in [0, 0.05) is 10.9 Å². The van der Waals surface area contributed by atoms with E-state index in [1.165, 1.54) is 0 Å². The Bertz CT molecular complexity index is 1460. The molecule has 3 aromatic carbocycles. The minimum absolute atomic E-state index is 0.0286. The van der Waals surface area contributed by atoms with Crippen LogP contribution in [0, 0.1) is 0 Å². The van der Waals surface area contributed by atoms with Crippen LogP contribution in [0.1, 0.15) is 16.1 Å². The first kappa shape index (κ1) is 21.9. The van der Waals surface area contributed by atoms with E-state index in [-0.39, 0.29) is 24.3 Å². The summed E-state index contributed by atoms with van der Waals surface area (Å²) in [5.74, 6) is -0.563. The van der Waals surface area contributed by atoms with Gasteiger partial charge < -0.3 is 18.3 Å². The predicted molar refractivity (Wildman–Crippen MR) is 126 cm³/mol. The molecule has 9 nitrogen and oxygen atoms in total. The minimum atomic E-state index is -0.793. The Kier molecular flexibility index (Phi) is 6.21. The van der Waals surface area contributed by atoms with Gasteiger partial charge in [0.25, 0.3) is 5.91 Å². The number of anilines is 1. The normalized spacial score (nSPS) is 10.7. The molecule has 0 unspecified atom stereocenters. The van der Waals surface area contributed by atoms with Crippen molar-refractivity contribution in [2.75, 3.05) is 11.9 Å². The average Bonchev–Trinajstić information content (AvgIpc) is 3.52. The highest BCUT2D eigenvalue weighted by Gasteiger charge is 2.23. The Morgan fingerprint density at radius 2 is 1.54 bits per heavy atom. The number of nitrogens with zero attached hydrogens (tertiary/aromatic N) is 2. The van der Waals surface area contributed by atoms with Gasteiger partial charge in [0.1, 0.15) is 17.9 Å². The van der Waals surface area contributed by atoms with Crippen LogP contribution in [0.3, 0.4) is 0 Å². The number of nitrogens with one attached hydrogen (secondary N) is 1. The summed E-state index contributed by atoms with van der Waals surface area (Å²) in [6.45, 7) is -0.486. The molecule has 9 heteroatoms. The predicted octanol–water partition coefficient (Wildman–Crippen LogP) is 4.86. The van der Waals surface area contributed by atoms with Crippen LogP contribution in [0.25, 0.3) is 22.4 Å². The lowest BCUT2D eigenvalue weighted by Crippen LogP contribution is -2.21. The highest BCUT2D eigenvalue weighted by atomic mass is 16.5. The second-order valence-electron chi connectivity index (χ2n) is 7.41. The van der Waals surface area contributed by atoms with Gasteiger partial charge in [-0.1, -0.05) is 59.7 Å². The quantitative estimate of drug-likeness (QED) is 0.320. The van der Waals surface area contributed by atoms with Crippen LogP contribution in [0.4, 0.5) is 6.01 Å². The minimum Gasteiger partial charge on any atom is -0.489 e. The number of ether oxygens (including phenoxy) is 2. The Morgan fingerprint density at radius 3 is 2.34 bits per heavy atom. The molecule has 0 aliphatic heterocycles. The highest BCUT2D eigenvalue weighted by molar-refractivity contribution is 5.98. The number of para-hydroxylation sites is 2. The fourth-order valence-electron chi connectivity index (χ4n) is 3.40. The van der Waals surface area contributed by atoms with E-state index >= 15 is 0 Å². The van der Waals surface area contributed by atoms with Gasteiger partial charge in [-0.25, -0.2) is 4.79 Å². The molecular weight excluding hydrogens is 450 g/mol. The molecule has 0 saturated heterocycles. The van der Waals surface area contributed by atoms with Crippen molar-refractivity contribution in [3.05, 3.63) is 96.3 Å². The molecule has 1 N–H and O–H groups in total. The third kappa shape index (κ3) is 5.03. The lowest BCUT2D eigenvalue weighted by atomic mass is 10.1. The smallest absolute Gasteiger partial charge is 0.375 e. The summed E-state index contributed by atoms with van der Waals surface area (Å²) in [6.07, 6.45) is 0. The summed E-state index contributed by atoms with van der Waals surface area (Å²) < 4.78 is 22.2. The van der Waals surface area contributed by atoms with Crippen LogP contribution in [0.15, 0.2) is 93.8 Å². The lowest BCUT2D eigenvalue weighted by molar-refractivity contribution is -0.119. The van der Waals surface area contributed by atoms with E-state index in [1.807, 2.05) is 60.7 Å². The SMILES string of the molecule is O=C(COC(=O)c1oc2ccccc2c1COc1ccccc1)Nc1nnc(-c2ccccc2)o1. The summed E-state index contributed by atoms with van der Waals surface area (Å²) in [5.41, 5.74) is 1.75. The van der Waals surface area contributed by atoms with Crippen molar-refractivity contribution in [2.45, 2.75) is 6.61 Å². The van der Waals surface area contributed by atoms with Crippen molar-refractivity contribution in [1.29, 1.82) is 0 Å². The van der Waals surface area contributed by atoms with Gasteiger partial charge in [-0.3, -0.25) is 10.1 Å². The number of carbonyl (C=O) groups is 2. The number of amides is 1. The zero-order chi connectivity index (χ0) is 24.0. The molecule has 2 heterocycles. The Balaban J connectivity index is 1.25. The Labute approximate surface area is 199 Å². The highest BCUT2D eigenvalue weighted by Crippen LogP contribution is 2.28. The number of benzene rings is 3. The molecule has 2 aromatic heterocycles. The molecule has 0 atom stereocenters. The molecule has 5 aromatic rings. The second-order valence-corrected chi connectivity index (χ2v) is 7.41. The summed E-state index contributed by atoms with van der Waals surface area (Å²) in [5, 5.41) is 10.8. The number of esters is 1. The summed E-state index contributed by atoms with van der Waals surface area (Å²) >= 11 is 0.